The standard InChI is InChI=1S/C20H25FN4O2S/c1-25(2)17(14-6-5-7-15(21)12-14)13-23-20(27)24-16-8-3-4-9-18(16)28-11-10-19(22)26/h3-9,12,17H,10-11,13H2,1-2H3,(H2,22,26)(H2,23,24,27). The minimum absolute atomic E-state index is 0.165. The maximum Gasteiger partial charge on any atom is 0.319 e. The Morgan fingerprint density at radius 2 is 1.93 bits per heavy atom. The lowest BCUT2D eigenvalue weighted by atomic mass is 10.1. The van der Waals surface area contributed by atoms with Gasteiger partial charge in [0.05, 0.1) is 11.7 Å². The fourth-order valence-corrected chi connectivity index (χ4v) is 3.60. The number of likely N-dealkylation sites (N-methyl/N-ethyl adjacent to an activating group) is 1. The van der Waals surface area contributed by atoms with E-state index in [0.717, 1.165) is 10.5 Å². The number of amides is 3. The summed E-state index contributed by atoms with van der Waals surface area (Å²) in [4.78, 5) is 26.0. The van der Waals surface area contributed by atoms with Gasteiger partial charge in [-0.3, -0.25) is 4.79 Å². The molecule has 0 aliphatic rings. The van der Waals surface area contributed by atoms with Crippen molar-refractivity contribution in [2.45, 2.75) is 17.4 Å². The Kier molecular flexibility index (Phi) is 8.28. The van der Waals surface area contributed by atoms with E-state index >= 15 is 0 Å². The Balaban J connectivity index is 1.97. The summed E-state index contributed by atoms with van der Waals surface area (Å²) in [5.41, 5.74) is 6.60. The van der Waals surface area contributed by atoms with E-state index in [1.807, 2.05) is 43.3 Å². The summed E-state index contributed by atoms with van der Waals surface area (Å²) in [6.45, 7) is 0.319. The quantitative estimate of drug-likeness (QED) is 0.560. The number of nitrogens with two attached hydrogens (primary N) is 1. The number of anilines is 1. The van der Waals surface area contributed by atoms with Crippen LogP contribution in [0.2, 0.25) is 0 Å². The maximum atomic E-state index is 13.5. The van der Waals surface area contributed by atoms with E-state index < -0.39 is 0 Å². The van der Waals surface area contributed by atoms with Crippen LogP contribution in [-0.4, -0.2) is 43.2 Å². The second-order valence-corrected chi connectivity index (χ2v) is 7.57. The molecule has 0 aliphatic carbocycles. The molecule has 0 aliphatic heterocycles. The molecule has 0 spiro atoms. The van der Waals surface area contributed by atoms with Crippen molar-refractivity contribution < 1.29 is 14.0 Å². The predicted octanol–water partition coefficient (Wildman–Crippen LogP) is 3.22. The van der Waals surface area contributed by atoms with Gasteiger partial charge in [-0.05, 0) is 43.9 Å². The number of halogens is 1. The first kappa shape index (κ1) is 21.7. The van der Waals surface area contributed by atoms with Crippen LogP contribution in [-0.2, 0) is 4.79 Å². The largest absolute Gasteiger partial charge is 0.370 e. The fraction of sp³-hybridized carbons (Fsp3) is 0.300. The number of hydrogen-bond acceptors (Lipinski definition) is 4. The van der Waals surface area contributed by atoms with Crippen LogP contribution < -0.4 is 16.4 Å². The second-order valence-electron chi connectivity index (χ2n) is 6.43. The van der Waals surface area contributed by atoms with Crippen molar-refractivity contribution >= 4 is 29.4 Å². The smallest absolute Gasteiger partial charge is 0.319 e. The highest BCUT2D eigenvalue weighted by atomic mass is 32.2. The third-order valence-electron chi connectivity index (χ3n) is 4.05. The van der Waals surface area contributed by atoms with Crippen LogP contribution in [0.25, 0.3) is 0 Å². The van der Waals surface area contributed by atoms with Crippen molar-refractivity contribution in [3.05, 3.63) is 59.9 Å². The summed E-state index contributed by atoms with van der Waals surface area (Å²) in [6.07, 6.45) is 0.267. The van der Waals surface area contributed by atoms with Gasteiger partial charge in [0, 0.05) is 23.6 Å². The molecule has 0 saturated heterocycles. The van der Waals surface area contributed by atoms with Crippen LogP contribution in [0.3, 0.4) is 0 Å². The average Bonchev–Trinajstić information content (AvgIpc) is 2.63. The number of rotatable bonds is 9. The third-order valence-corrected chi connectivity index (χ3v) is 5.13. The van der Waals surface area contributed by atoms with Gasteiger partial charge in [-0.15, -0.1) is 11.8 Å². The number of para-hydroxylation sites is 1. The molecule has 0 heterocycles. The lowest BCUT2D eigenvalue weighted by molar-refractivity contribution is -0.117. The van der Waals surface area contributed by atoms with E-state index in [0.29, 0.717) is 18.0 Å². The molecule has 2 aromatic carbocycles. The van der Waals surface area contributed by atoms with Crippen molar-refractivity contribution in [3.63, 3.8) is 0 Å². The third kappa shape index (κ3) is 6.86. The number of nitrogens with one attached hydrogen (secondary N) is 2. The minimum Gasteiger partial charge on any atom is -0.370 e. The Morgan fingerprint density at radius 3 is 2.61 bits per heavy atom. The van der Waals surface area contributed by atoms with E-state index in [1.165, 1.54) is 23.9 Å². The number of urea groups is 1. The van der Waals surface area contributed by atoms with Gasteiger partial charge in [-0.1, -0.05) is 24.3 Å². The number of nitrogens with zero attached hydrogens (tertiary/aromatic N) is 1. The highest BCUT2D eigenvalue weighted by Crippen LogP contribution is 2.27. The lowest BCUT2D eigenvalue weighted by Crippen LogP contribution is -2.37. The van der Waals surface area contributed by atoms with Gasteiger partial charge in [0.15, 0.2) is 0 Å². The highest BCUT2D eigenvalue weighted by molar-refractivity contribution is 7.99. The summed E-state index contributed by atoms with van der Waals surface area (Å²) >= 11 is 1.45. The molecule has 3 amide bonds. The van der Waals surface area contributed by atoms with Crippen LogP contribution in [0.15, 0.2) is 53.4 Å². The predicted molar refractivity (Wildman–Crippen MR) is 111 cm³/mol. The zero-order valence-electron chi connectivity index (χ0n) is 15.9. The van der Waals surface area contributed by atoms with Crippen molar-refractivity contribution in [2.24, 2.45) is 5.73 Å². The molecule has 150 valence electrons. The minimum atomic E-state index is -0.359. The first-order chi connectivity index (χ1) is 13.4. The van der Waals surface area contributed by atoms with Gasteiger partial charge in [-0.2, -0.15) is 0 Å². The molecule has 4 N–H and O–H groups in total. The molecule has 0 aromatic heterocycles. The van der Waals surface area contributed by atoms with Crippen LogP contribution in [0.4, 0.5) is 14.9 Å². The van der Waals surface area contributed by atoms with E-state index in [4.69, 9.17) is 5.73 Å². The first-order valence-electron chi connectivity index (χ1n) is 8.83. The SMILES string of the molecule is CN(C)C(CNC(=O)Nc1ccccc1SCCC(N)=O)c1cccc(F)c1. The lowest BCUT2D eigenvalue weighted by Gasteiger charge is -2.25. The molecule has 28 heavy (non-hydrogen) atoms. The van der Waals surface area contributed by atoms with E-state index in [2.05, 4.69) is 10.6 Å². The van der Waals surface area contributed by atoms with E-state index in [-0.39, 0.29) is 30.2 Å². The maximum absolute atomic E-state index is 13.5. The van der Waals surface area contributed by atoms with E-state index in [9.17, 15) is 14.0 Å². The molecule has 0 fully saturated rings. The van der Waals surface area contributed by atoms with Crippen molar-refractivity contribution in [1.29, 1.82) is 0 Å². The number of benzene rings is 2. The number of carbonyl (C=O) groups is 2. The van der Waals surface area contributed by atoms with Crippen LogP contribution in [0.1, 0.15) is 18.0 Å². The molecule has 0 saturated carbocycles. The summed E-state index contributed by atoms with van der Waals surface area (Å²) in [5, 5.41) is 5.66. The molecule has 6 nitrogen and oxygen atoms in total. The van der Waals surface area contributed by atoms with Crippen LogP contribution in [0, 0.1) is 5.82 Å². The first-order valence-corrected chi connectivity index (χ1v) is 9.82. The molecule has 2 rings (SSSR count). The summed E-state index contributed by atoms with van der Waals surface area (Å²) in [5.74, 6) is -0.128. The molecule has 8 heteroatoms. The number of primary amides is 1. The zero-order valence-corrected chi connectivity index (χ0v) is 16.8. The summed E-state index contributed by atoms with van der Waals surface area (Å²) < 4.78 is 13.5. The molecule has 1 atom stereocenters. The highest BCUT2D eigenvalue weighted by Gasteiger charge is 2.16. The molecular formula is C20H25FN4O2S. The molecule has 0 bridgehead atoms. The monoisotopic (exact) mass is 404 g/mol. The normalized spacial score (nSPS) is 11.9. The molecule has 0 radical (unpaired) electrons. The van der Waals surface area contributed by atoms with Gasteiger partial charge in [0.1, 0.15) is 5.82 Å². The average molecular weight is 405 g/mol. The Hall–Kier alpha value is -2.58. The zero-order chi connectivity index (χ0) is 20.5. The second kappa shape index (κ2) is 10.7. The topological polar surface area (TPSA) is 87.5 Å². The van der Waals surface area contributed by atoms with E-state index in [1.54, 1.807) is 12.1 Å². The van der Waals surface area contributed by atoms with Crippen molar-refractivity contribution in [1.82, 2.24) is 10.2 Å². The Morgan fingerprint density at radius 1 is 1.18 bits per heavy atom. The molecule has 1 unspecified atom stereocenters. The summed E-state index contributed by atoms with van der Waals surface area (Å²) in [6, 6.07) is 13.2. The van der Waals surface area contributed by atoms with Gasteiger partial charge >= 0.3 is 6.03 Å². The number of thioether (sulfide) groups is 1. The van der Waals surface area contributed by atoms with Crippen LogP contribution in [0.5, 0.6) is 0 Å². The van der Waals surface area contributed by atoms with Gasteiger partial charge in [0.25, 0.3) is 0 Å². The van der Waals surface area contributed by atoms with Gasteiger partial charge in [-0.25, -0.2) is 9.18 Å². The van der Waals surface area contributed by atoms with Gasteiger partial charge in [0.2, 0.25) is 5.91 Å². The van der Waals surface area contributed by atoms with Gasteiger partial charge < -0.3 is 21.3 Å². The fourth-order valence-electron chi connectivity index (χ4n) is 2.63. The van der Waals surface area contributed by atoms with Crippen molar-refractivity contribution in [2.75, 3.05) is 31.7 Å². The van der Waals surface area contributed by atoms with Crippen molar-refractivity contribution in [3.8, 4) is 0 Å². The Labute approximate surface area is 168 Å². The molecular weight excluding hydrogens is 379 g/mol. The number of carbonyl (C=O) groups excluding carboxylic acids is 2. The Bertz CT molecular complexity index is 816. The number of hydrogen-bond donors (Lipinski definition) is 3. The van der Waals surface area contributed by atoms with Crippen LogP contribution >= 0.6 is 11.8 Å². The summed E-state index contributed by atoms with van der Waals surface area (Å²) in [7, 11) is 3.75. The molecule has 2 aromatic rings.